The molecule has 0 aliphatic carbocycles. The Hall–Kier alpha value is -0.690. The van der Waals surface area contributed by atoms with Gasteiger partial charge in [-0.1, -0.05) is 32.4 Å². The second-order valence-corrected chi connectivity index (χ2v) is 6.61. The predicted molar refractivity (Wildman–Crippen MR) is 89.8 cm³/mol. The molecule has 0 saturated carbocycles. The monoisotopic (exact) mass is 404 g/mol. The van der Waals surface area contributed by atoms with Gasteiger partial charge in [0, 0.05) is 6.54 Å². The van der Waals surface area contributed by atoms with E-state index in [0.717, 1.165) is 34.3 Å². The van der Waals surface area contributed by atoms with Gasteiger partial charge in [-0.2, -0.15) is 0 Å². The van der Waals surface area contributed by atoms with E-state index in [1.165, 1.54) is 0 Å². The van der Waals surface area contributed by atoms with E-state index < -0.39 is 0 Å². The molecule has 0 unspecified atom stereocenters. The van der Waals surface area contributed by atoms with E-state index in [2.05, 4.69) is 57.9 Å². The van der Waals surface area contributed by atoms with E-state index in [-0.39, 0.29) is 0 Å². The molecular formula is C14H18ClIN4. The molecule has 0 saturated heterocycles. The van der Waals surface area contributed by atoms with E-state index in [1.54, 1.807) is 6.20 Å². The average Bonchev–Trinajstić information content (AvgIpc) is 2.83. The molecule has 108 valence electrons. The highest BCUT2D eigenvalue weighted by atomic mass is 127. The number of hydrogen-bond donors (Lipinski definition) is 0. The maximum absolute atomic E-state index is 6.26. The molecule has 2 aromatic rings. The molecular weight excluding hydrogens is 387 g/mol. The van der Waals surface area contributed by atoms with Gasteiger partial charge in [-0.15, -0.1) is 0 Å². The fourth-order valence-electron chi connectivity index (χ4n) is 2.03. The quantitative estimate of drug-likeness (QED) is 0.554. The van der Waals surface area contributed by atoms with Crippen molar-refractivity contribution < 1.29 is 0 Å². The molecule has 20 heavy (non-hydrogen) atoms. The van der Waals surface area contributed by atoms with Crippen LogP contribution in [0, 0.1) is 9.49 Å². The van der Waals surface area contributed by atoms with Crippen molar-refractivity contribution >= 4 is 34.2 Å². The zero-order valence-corrected chi connectivity index (χ0v) is 14.8. The van der Waals surface area contributed by atoms with Gasteiger partial charge in [-0.3, -0.25) is 0 Å². The molecule has 0 N–H and O–H groups in total. The molecule has 0 spiro atoms. The number of aromatic nitrogens is 4. The Morgan fingerprint density at radius 2 is 2.10 bits per heavy atom. The van der Waals surface area contributed by atoms with Gasteiger partial charge in [-0.05, 0) is 41.4 Å². The summed E-state index contributed by atoms with van der Waals surface area (Å²) in [7, 11) is 0. The summed E-state index contributed by atoms with van der Waals surface area (Å²) in [6.45, 7) is 7.39. The first-order valence-electron chi connectivity index (χ1n) is 6.75. The van der Waals surface area contributed by atoms with Crippen LogP contribution in [0.4, 0.5) is 0 Å². The van der Waals surface area contributed by atoms with Crippen molar-refractivity contribution in [2.75, 3.05) is 0 Å². The largest absolute Gasteiger partial charge is 0.328 e. The molecule has 2 heterocycles. The van der Waals surface area contributed by atoms with Crippen LogP contribution in [0.5, 0.6) is 0 Å². The molecule has 0 aromatic carbocycles. The lowest BCUT2D eigenvalue weighted by Crippen LogP contribution is -2.07. The Balaban J connectivity index is 2.46. The van der Waals surface area contributed by atoms with E-state index in [0.29, 0.717) is 16.9 Å². The molecule has 2 rings (SSSR count). The lowest BCUT2D eigenvalue weighted by Gasteiger charge is -2.11. The van der Waals surface area contributed by atoms with Crippen molar-refractivity contribution in [3.8, 4) is 11.5 Å². The number of aryl methyl sites for hydroxylation is 1. The minimum Gasteiger partial charge on any atom is -0.328 e. The second kappa shape index (κ2) is 6.85. The van der Waals surface area contributed by atoms with Crippen LogP contribution >= 0.6 is 34.2 Å². The molecule has 0 radical (unpaired) electrons. The minimum atomic E-state index is 0.524. The summed E-state index contributed by atoms with van der Waals surface area (Å²) < 4.78 is 3.01. The highest BCUT2D eigenvalue weighted by molar-refractivity contribution is 14.1. The third-order valence-electron chi connectivity index (χ3n) is 2.89. The molecule has 0 fully saturated rings. The highest BCUT2D eigenvalue weighted by Gasteiger charge is 2.15. The van der Waals surface area contributed by atoms with Crippen molar-refractivity contribution in [3.63, 3.8) is 0 Å². The van der Waals surface area contributed by atoms with Crippen LogP contribution in [0.2, 0.25) is 5.15 Å². The topological polar surface area (TPSA) is 43.6 Å². The number of rotatable bonds is 5. The first kappa shape index (κ1) is 15.7. The smallest absolute Gasteiger partial charge is 0.179 e. The second-order valence-electron chi connectivity index (χ2n) is 5.17. The predicted octanol–water partition coefficient (Wildman–Crippen LogP) is 4.21. The number of hydrogen-bond acceptors (Lipinski definition) is 3. The van der Waals surface area contributed by atoms with Crippen LogP contribution in [0.3, 0.4) is 0 Å². The molecule has 4 nitrogen and oxygen atoms in total. The lowest BCUT2D eigenvalue weighted by atomic mass is 10.1. The Morgan fingerprint density at radius 3 is 2.75 bits per heavy atom. The van der Waals surface area contributed by atoms with Crippen LogP contribution in [0.25, 0.3) is 11.5 Å². The standard InChI is InChI=1S/C14H18ClIN4/c1-4-5-20-8-17-7-11(20)14-18-10(6-9(2)3)12(16)13(15)19-14/h7-9H,4-6H2,1-3H3. The van der Waals surface area contributed by atoms with E-state index in [9.17, 15) is 0 Å². The summed E-state index contributed by atoms with van der Waals surface area (Å²) in [4.78, 5) is 13.3. The van der Waals surface area contributed by atoms with Crippen LogP contribution in [0.1, 0.15) is 32.9 Å². The van der Waals surface area contributed by atoms with Crippen molar-refractivity contribution in [1.82, 2.24) is 19.5 Å². The Morgan fingerprint density at radius 1 is 1.35 bits per heavy atom. The van der Waals surface area contributed by atoms with E-state index in [1.807, 2.05) is 6.33 Å². The molecule has 2 aromatic heterocycles. The van der Waals surface area contributed by atoms with Gasteiger partial charge < -0.3 is 4.57 Å². The molecule has 0 aliphatic rings. The Kier molecular flexibility index (Phi) is 5.37. The van der Waals surface area contributed by atoms with E-state index >= 15 is 0 Å². The first-order chi connectivity index (χ1) is 9.52. The molecule has 0 amide bonds. The maximum atomic E-state index is 6.26. The molecule has 6 heteroatoms. The van der Waals surface area contributed by atoms with Gasteiger partial charge in [0.25, 0.3) is 0 Å². The third-order valence-corrected chi connectivity index (χ3v) is 4.61. The van der Waals surface area contributed by atoms with Crippen LogP contribution < -0.4 is 0 Å². The van der Waals surface area contributed by atoms with Gasteiger partial charge in [0.15, 0.2) is 5.82 Å². The SMILES string of the molecule is CCCn1cncc1-c1nc(Cl)c(I)c(CC(C)C)n1. The number of halogens is 2. The minimum absolute atomic E-state index is 0.524. The fourth-order valence-corrected chi connectivity index (χ4v) is 2.68. The Bertz CT molecular complexity index is 595. The van der Waals surface area contributed by atoms with Crippen molar-refractivity contribution in [2.24, 2.45) is 5.92 Å². The van der Waals surface area contributed by atoms with Gasteiger partial charge >= 0.3 is 0 Å². The molecule has 0 atom stereocenters. The van der Waals surface area contributed by atoms with Crippen LogP contribution in [-0.4, -0.2) is 19.5 Å². The summed E-state index contributed by atoms with van der Waals surface area (Å²) in [5.74, 6) is 1.19. The maximum Gasteiger partial charge on any atom is 0.179 e. The summed E-state index contributed by atoms with van der Waals surface area (Å²) in [6, 6.07) is 0. The van der Waals surface area contributed by atoms with Gasteiger partial charge in [-0.25, -0.2) is 15.0 Å². The normalized spacial score (nSPS) is 11.3. The molecule has 0 aliphatic heterocycles. The zero-order chi connectivity index (χ0) is 14.7. The number of imidazole rings is 1. The fraction of sp³-hybridized carbons (Fsp3) is 0.500. The Labute approximate surface area is 138 Å². The van der Waals surface area contributed by atoms with E-state index in [4.69, 9.17) is 16.6 Å². The number of nitrogens with zero attached hydrogens (tertiary/aromatic N) is 4. The third kappa shape index (κ3) is 3.49. The van der Waals surface area contributed by atoms with Crippen molar-refractivity contribution in [3.05, 3.63) is 26.9 Å². The first-order valence-corrected chi connectivity index (χ1v) is 8.21. The summed E-state index contributed by atoms with van der Waals surface area (Å²) in [5, 5.41) is 0.524. The van der Waals surface area contributed by atoms with Crippen molar-refractivity contribution in [1.29, 1.82) is 0 Å². The molecule has 0 bridgehead atoms. The summed E-state index contributed by atoms with van der Waals surface area (Å²) in [5.41, 5.74) is 1.94. The lowest BCUT2D eigenvalue weighted by molar-refractivity contribution is 0.631. The van der Waals surface area contributed by atoms with Crippen molar-refractivity contribution in [2.45, 2.75) is 40.2 Å². The van der Waals surface area contributed by atoms with Gasteiger partial charge in [0.05, 0.1) is 21.8 Å². The average molecular weight is 405 g/mol. The van der Waals surface area contributed by atoms with Crippen LogP contribution in [-0.2, 0) is 13.0 Å². The zero-order valence-electron chi connectivity index (χ0n) is 11.9. The summed E-state index contributed by atoms with van der Waals surface area (Å²) in [6.07, 6.45) is 5.55. The highest BCUT2D eigenvalue weighted by Crippen LogP contribution is 2.25. The van der Waals surface area contributed by atoms with Gasteiger partial charge in [0.1, 0.15) is 10.8 Å². The van der Waals surface area contributed by atoms with Gasteiger partial charge in [0.2, 0.25) is 0 Å². The van der Waals surface area contributed by atoms with Crippen LogP contribution in [0.15, 0.2) is 12.5 Å². The summed E-state index contributed by atoms with van der Waals surface area (Å²) >= 11 is 8.48.